The number of benzene rings is 2. The number of hydrogen-bond donors (Lipinski definition) is 1. The maximum atomic E-state index is 13.3. The van der Waals surface area contributed by atoms with Gasteiger partial charge in [0.1, 0.15) is 23.0 Å². The summed E-state index contributed by atoms with van der Waals surface area (Å²) in [7, 11) is 1.51. The summed E-state index contributed by atoms with van der Waals surface area (Å²) in [5, 5.41) is 11.5. The Hall–Kier alpha value is -4.00. The van der Waals surface area contributed by atoms with Crippen LogP contribution in [0.4, 0.5) is 0 Å². The monoisotopic (exact) mass is 461 g/mol. The van der Waals surface area contributed by atoms with Crippen LogP contribution in [0.3, 0.4) is 0 Å². The van der Waals surface area contributed by atoms with Crippen molar-refractivity contribution in [1.29, 1.82) is 0 Å². The van der Waals surface area contributed by atoms with Crippen molar-refractivity contribution in [3.8, 4) is 11.5 Å². The zero-order chi connectivity index (χ0) is 24.4. The molecule has 1 N–H and O–H groups in total. The van der Waals surface area contributed by atoms with E-state index in [2.05, 4.69) is 0 Å². The number of aliphatic hydroxyl groups excluding tert-OH is 1. The van der Waals surface area contributed by atoms with E-state index in [-0.39, 0.29) is 17.9 Å². The normalized spacial score (nSPS) is 17.3. The van der Waals surface area contributed by atoms with E-state index < -0.39 is 17.7 Å². The van der Waals surface area contributed by atoms with Crippen LogP contribution in [0.2, 0.25) is 0 Å². The Balaban J connectivity index is 1.93. The van der Waals surface area contributed by atoms with Crippen LogP contribution in [0.5, 0.6) is 11.5 Å². The van der Waals surface area contributed by atoms with E-state index in [0.29, 0.717) is 35.0 Å². The molecule has 1 atom stereocenters. The van der Waals surface area contributed by atoms with E-state index in [9.17, 15) is 14.7 Å². The average Bonchev–Trinajstić information content (AvgIpc) is 3.41. The topological polar surface area (TPSA) is 89.2 Å². The Morgan fingerprint density at radius 3 is 2.59 bits per heavy atom. The minimum absolute atomic E-state index is 0.00601. The Kier molecular flexibility index (Phi) is 6.45. The van der Waals surface area contributed by atoms with Crippen LogP contribution < -0.4 is 9.47 Å². The first-order valence-corrected chi connectivity index (χ1v) is 11.0. The highest BCUT2D eigenvalue weighted by Crippen LogP contribution is 2.43. The molecule has 2 aromatic carbocycles. The molecule has 0 spiro atoms. The van der Waals surface area contributed by atoms with Gasteiger partial charge in [0.15, 0.2) is 0 Å². The van der Waals surface area contributed by atoms with Gasteiger partial charge in [0.2, 0.25) is 0 Å². The van der Waals surface area contributed by atoms with Crippen LogP contribution in [0.25, 0.3) is 5.76 Å². The smallest absolute Gasteiger partial charge is 0.296 e. The number of Topliss-reactive ketones (excluding diaryl/α,β-unsaturated/α-hetero) is 1. The lowest BCUT2D eigenvalue weighted by Crippen LogP contribution is -2.29. The minimum atomic E-state index is -0.837. The summed E-state index contributed by atoms with van der Waals surface area (Å²) in [4.78, 5) is 27.9. The molecule has 1 aromatic heterocycles. The molecule has 34 heavy (non-hydrogen) atoms. The third kappa shape index (κ3) is 4.17. The Morgan fingerprint density at radius 1 is 1.12 bits per heavy atom. The fraction of sp³-hybridized carbons (Fsp3) is 0.259. The van der Waals surface area contributed by atoms with Gasteiger partial charge in [0.25, 0.3) is 11.7 Å². The fourth-order valence-electron chi connectivity index (χ4n) is 4.45. The lowest BCUT2D eigenvalue weighted by atomic mass is 9.93. The van der Waals surface area contributed by atoms with Crippen LogP contribution in [-0.4, -0.2) is 35.4 Å². The number of aliphatic hydroxyl groups is 1. The second-order valence-electron chi connectivity index (χ2n) is 8.17. The van der Waals surface area contributed by atoms with Gasteiger partial charge in [-0.05, 0) is 67.8 Å². The van der Waals surface area contributed by atoms with Crippen LogP contribution in [-0.2, 0) is 16.1 Å². The highest BCUT2D eigenvalue weighted by atomic mass is 16.5. The van der Waals surface area contributed by atoms with Gasteiger partial charge in [0.05, 0.1) is 43.7 Å². The Morgan fingerprint density at radius 2 is 1.91 bits per heavy atom. The SMILES string of the molecule is CCOc1cccc(C2/C(=C(\O)c3cc(C)cc(C)c3OC)C(=O)C(=O)N2Cc2ccco2)c1. The predicted molar refractivity (Wildman–Crippen MR) is 127 cm³/mol. The summed E-state index contributed by atoms with van der Waals surface area (Å²) >= 11 is 0. The zero-order valence-corrected chi connectivity index (χ0v) is 19.6. The van der Waals surface area contributed by atoms with E-state index in [1.165, 1.54) is 18.3 Å². The molecule has 0 aliphatic carbocycles. The lowest BCUT2D eigenvalue weighted by Gasteiger charge is -2.25. The molecule has 7 heteroatoms. The van der Waals surface area contributed by atoms with E-state index in [1.807, 2.05) is 26.8 Å². The maximum absolute atomic E-state index is 13.3. The van der Waals surface area contributed by atoms with Crippen molar-refractivity contribution in [2.24, 2.45) is 0 Å². The van der Waals surface area contributed by atoms with Crippen molar-refractivity contribution in [3.05, 3.63) is 88.4 Å². The molecular weight excluding hydrogens is 434 g/mol. The number of rotatable bonds is 7. The maximum Gasteiger partial charge on any atom is 0.296 e. The second-order valence-corrected chi connectivity index (χ2v) is 8.17. The summed E-state index contributed by atoms with van der Waals surface area (Å²) in [5.41, 5.74) is 2.69. The molecule has 1 amide bonds. The first kappa shape index (κ1) is 23.2. The number of likely N-dealkylation sites (tertiary alicyclic amines) is 1. The van der Waals surface area contributed by atoms with Gasteiger partial charge in [-0.3, -0.25) is 9.59 Å². The van der Waals surface area contributed by atoms with Crippen molar-refractivity contribution >= 4 is 17.4 Å². The van der Waals surface area contributed by atoms with Gasteiger partial charge in [-0.1, -0.05) is 18.2 Å². The van der Waals surface area contributed by atoms with Gasteiger partial charge < -0.3 is 23.9 Å². The zero-order valence-electron chi connectivity index (χ0n) is 19.6. The van der Waals surface area contributed by atoms with Crippen molar-refractivity contribution in [2.75, 3.05) is 13.7 Å². The lowest BCUT2D eigenvalue weighted by molar-refractivity contribution is -0.140. The van der Waals surface area contributed by atoms with Crippen molar-refractivity contribution in [3.63, 3.8) is 0 Å². The quantitative estimate of drug-likeness (QED) is 0.305. The third-order valence-electron chi connectivity index (χ3n) is 5.81. The van der Waals surface area contributed by atoms with E-state index in [4.69, 9.17) is 13.9 Å². The molecule has 0 bridgehead atoms. The van der Waals surface area contributed by atoms with E-state index in [1.54, 1.807) is 42.5 Å². The van der Waals surface area contributed by atoms with Gasteiger partial charge in [-0.25, -0.2) is 0 Å². The highest BCUT2D eigenvalue weighted by Gasteiger charge is 2.46. The molecule has 0 radical (unpaired) electrons. The molecule has 0 saturated carbocycles. The average molecular weight is 462 g/mol. The van der Waals surface area contributed by atoms with Crippen LogP contribution in [0.1, 0.15) is 41.0 Å². The van der Waals surface area contributed by atoms with Gasteiger partial charge in [-0.2, -0.15) is 0 Å². The molecule has 3 aromatic rings. The number of aryl methyl sites for hydroxylation is 2. The number of ether oxygens (including phenoxy) is 2. The Labute approximate surface area is 198 Å². The molecule has 7 nitrogen and oxygen atoms in total. The molecule has 176 valence electrons. The summed E-state index contributed by atoms with van der Waals surface area (Å²) < 4.78 is 16.6. The molecule has 4 rings (SSSR count). The number of furan rings is 1. The number of nitrogens with zero attached hydrogens (tertiary/aromatic N) is 1. The summed E-state index contributed by atoms with van der Waals surface area (Å²) in [6.45, 7) is 6.17. The number of amides is 1. The first-order valence-electron chi connectivity index (χ1n) is 11.0. The number of hydrogen-bond acceptors (Lipinski definition) is 6. The predicted octanol–water partition coefficient (Wildman–Crippen LogP) is 4.93. The van der Waals surface area contributed by atoms with Crippen LogP contribution in [0, 0.1) is 13.8 Å². The summed E-state index contributed by atoms with van der Waals surface area (Å²) in [5.74, 6) is -0.188. The second kappa shape index (κ2) is 9.47. The number of methoxy groups -OCH3 is 1. The molecule has 1 unspecified atom stereocenters. The fourth-order valence-corrected chi connectivity index (χ4v) is 4.45. The van der Waals surface area contributed by atoms with Gasteiger partial charge >= 0.3 is 0 Å². The molecule has 1 saturated heterocycles. The largest absolute Gasteiger partial charge is 0.507 e. The van der Waals surface area contributed by atoms with Crippen LogP contribution in [0.15, 0.2) is 64.8 Å². The van der Waals surface area contributed by atoms with E-state index in [0.717, 1.165) is 11.1 Å². The third-order valence-corrected chi connectivity index (χ3v) is 5.81. The number of ketones is 1. The van der Waals surface area contributed by atoms with Gasteiger partial charge in [0, 0.05) is 0 Å². The molecular formula is C27H27NO6. The number of carbonyl (C=O) groups is 2. The molecule has 1 aliphatic heterocycles. The summed E-state index contributed by atoms with van der Waals surface area (Å²) in [6, 6.07) is 13.5. The summed E-state index contributed by atoms with van der Waals surface area (Å²) in [6.07, 6.45) is 1.51. The van der Waals surface area contributed by atoms with Crippen molar-refractivity contribution in [1.82, 2.24) is 4.90 Å². The van der Waals surface area contributed by atoms with E-state index >= 15 is 0 Å². The number of carbonyl (C=O) groups excluding carboxylic acids is 2. The Bertz CT molecular complexity index is 1260. The van der Waals surface area contributed by atoms with Crippen molar-refractivity contribution < 1.29 is 28.6 Å². The standard InChI is InChI=1S/C27H27NO6/c1-5-33-19-9-6-8-18(14-19)23-22(24(29)21-13-16(2)12-17(3)26(21)32-4)25(30)27(31)28(23)15-20-10-7-11-34-20/h6-14,23,29H,5,15H2,1-4H3/b24-22+. The van der Waals surface area contributed by atoms with Crippen LogP contribution >= 0.6 is 0 Å². The minimum Gasteiger partial charge on any atom is -0.507 e. The molecule has 2 heterocycles. The molecule has 1 fully saturated rings. The highest BCUT2D eigenvalue weighted by molar-refractivity contribution is 6.46. The molecule has 1 aliphatic rings. The first-order chi connectivity index (χ1) is 16.3. The van der Waals surface area contributed by atoms with Crippen molar-refractivity contribution in [2.45, 2.75) is 33.4 Å². The van der Waals surface area contributed by atoms with Gasteiger partial charge in [-0.15, -0.1) is 0 Å².